The molecule has 1 aromatic rings. The molecule has 0 aromatic heterocycles. The number of rotatable bonds is 1. The molecule has 0 aliphatic heterocycles. The molecule has 0 unspecified atom stereocenters. The molecule has 0 nitrogen and oxygen atoms in total. The maximum absolute atomic E-state index is 4.28. The van der Waals surface area contributed by atoms with Crippen LogP contribution in [-0.2, 0) is 6.42 Å². The summed E-state index contributed by atoms with van der Waals surface area (Å²) in [5, 5.41) is 0. The Labute approximate surface area is 79.6 Å². The average molecular weight is 146 g/mol. The Bertz CT molecular complexity index is 198. The summed E-state index contributed by atoms with van der Waals surface area (Å²) in [5.41, 5.74) is 1.32. The van der Waals surface area contributed by atoms with Gasteiger partial charge in [-0.3, -0.25) is 0 Å². The van der Waals surface area contributed by atoms with Crippen molar-refractivity contribution >= 4 is 31.5 Å². The van der Waals surface area contributed by atoms with E-state index in [-0.39, 0.29) is 18.9 Å². The van der Waals surface area contributed by atoms with Gasteiger partial charge in [-0.15, -0.1) is 12.6 Å². The third-order valence-electron chi connectivity index (χ3n) is 1.37. The van der Waals surface area contributed by atoms with Crippen molar-refractivity contribution in [1.82, 2.24) is 0 Å². The van der Waals surface area contributed by atoms with Crippen LogP contribution in [0.4, 0.5) is 0 Å². The van der Waals surface area contributed by atoms with E-state index >= 15 is 0 Å². The Kier molecular flexibility index (Phi) is 4.99. The third-order valence-corrected chi connectivity index (χ3v) is 1.81. The van der Waals surface area contributed by atoms with Crippen molar-refractivity contribution in [3.05, 3.63) is 29.8 Å². The van der Waals surface area contributed by atoms with Crippen LogP contribution in [0, 0.1) is 0 Å². The Morgan fingerprint density at radius 3 is 2.30 bits per heavy atom. The summed E-state index contributed by atoms with van der Waals surface area (Å²) >= 11 is 4.28. The SMILES string of the molecule is CCc1ccccc1S.[LiH]. The quantitative estimate of drug-likeness (QED) is 0.454. The minimum absolute atomic E-state index is 0. The van der Waals surface area contributed by atoms with Crippen LogP contribution in [0.5, 0.6) is 0 Å². The van der Waals surface area contributed by atoms with E-state index in [1.165, 1.54) is 5.56 Å². The van der Waals surface area contributed by atoms with Gasteiger partial charge in [0, 0.05) is 4.90 Å². The Balaban J connectivity index is 0.000000810. The van der Waals surface area contributed by atoms with Crippen LogP contribution in [0.25, 0.3) is 0 Å². The molecule has 0 radical (unpaired) electrons. The first-order valence-corrected chi connectivity index (χ1v) is 3.56. The third kappa shape index (κ3) is 2.42. The van der Waals surface area contributed by atoms with Crippen LogP contribution in [0.15, 0.2) is 29.2 Å². The van der Waals surface area contributed by atoms with Crippen molar-refractivity contribution in [3.63, 3.8) is 0 Å². The van der Waals surface area contributed by atoms with E-state index in [1.54, 1.807) is 0 Å². The van der Waals surface area contributed by atoms with Crippen molar-refractivity contribution < 1.29 is 0 Å². The molecule has 0 bridgehead atoms. The van der Waals surface area contributed by atoms with Crippen LogP contribution in [0.1, 0.15) is 12.5 Å². The molecule has 1 aromatic carbocycles. The van der Waals surface area contributed by atoms with Gasteiger partial charge in [0.15, 0.2) is 0 Å². The van der Waals surface area contributed by atoms with Gasteiger partial charge in [-0.05, 0) is 18.1 Å². The average Bonchev–Trinajstić information content (AvgIpc) is 1.89. The molecule has 0 atom stereocenters. The molecule has 0 heterocycles. The van der Waals surface area contributed by atoms with Crippen LogP contribution < -0.4 is 0 Å². The predicted molar refractivity (Wildman–Crippen MR) is 50.2 cm³/mol. The van der Waals surface area contributed by atoms with Gasteiger partial charge in [0.1, 0.15) is 0 Å². The van der Waals surface area contributed by atoms with Gasteiger partial charge < -0.3 is 0 Å². The maximum atomic E-state index is 4.28. The summed E-state index contributed by atoms with van der Waals surface area (Å²) in [6, 6.07) is 8.16. The van der Waals surface area contributed by atoms with Gasteiger partial charge >= 0.3 is 18.9 Å². The minimum atomic E-state index is 0. The van der Waals surface area contributed by atoms with E-state index < -0.39 is 0 Å². The first kappa shape index (κ1) is 10.2. The number of aryl methyl sites for hydroxylation is 1. The fourth-order valence-electron chi connectivity index (χ4n) is 0.810. The second-order valence-electron chi connectivity index (χ2n) is 1.98. The van der Waals surface area contributed by atoms with Crippen LogP contribution in [0.3, 0.4) is 0 Å². The summed E-state index contributed by atoms with van der Waals surface area (Å²) in [4.78, 5) is 1.10. The first-order valence-electron chi connectivity index (χ1n) is 3.11. The zero-order valence-corrected chi connectivity index (χ0v) is 6.36. The molecule has 0 aliphatic carbocycles. The van der Waals surface area contributed by atoms with E-state index in [2.05, 4.69) is 25.6 Å². The van der Waals surface area contributed by atoms with E-state index in [9.17, 15) is 0 Å². The van der Waals surface area contributed by atoms with Crippen LogP contribution >= 0.6 is 12.6 Å². The van der Waals surface area contributed by atoms with Gasteiger partial charge in [0.25, 0.3) is 0 Å². The predicted octanol–water partition coefficient (Wildman–Crippen LogP) is 1.89. The van der Waals surface area contributed by atoms with Crippen molar-refractivity contribution in [1.29, 1.82) is 0 Å². The molecule has 0 N–H and O–H groups in total. The van der Waals surface area contributed by atoms with E-state index in [0.29, 0.717) is 0 Å². The van der Waals surface area contributed by atoms with Gasteiger partial charge in [0.05, 0.1) is 0 Å². The summed E-state index contributed by atoms with van der Waals surface area (Å²) < 4.78 is 0. The van der Waals surface area contributed by atoms with Crippen LogP contribution in [0.2, 0.25) is 0 Å². The molecule has 0 amide bonds. The van der Waals surface area contributed by atoms with Crippen molar-refractivity contribution in [3.8, 4) is 0 Å². The summed E-state index contributed by atoms with van der Waals surface area (Å²) in [5.74, 6) is 0. The zero-order chi connectivity index (χ0) is 6.69. The second kappa shape index (κ2) is 4.90. The second-order valence-corrected chi connectivity index (χ2v) is 2.46. The van der Waals surface area contributed by atoms with Crippen molar-refractivity contribution in [2.24, 2.45) is 0 Å². The van der Waals surface area contributed by atoms with Gasteiger partial charge in [-0.1, -0.05) is 25.1 Å². The Hall–Kier alpha value is 0.167. The van der Waals surface area contributed by atoms with Crippen molar-refractivity contribution in [2.45, 2.75) is 18.2 Å². The molecule has 2 heteroatoms. The van der Waals surface area contributed by atoms with E-state index in [0.717, 1.165) is 11.3 Å². The molecule has 0 saturated carbocycles. The summed E-state index contributed by atoms with van der Waals surface area (Å²) in [6.45, 7) is 2.13. The molecular weight excluding hydrogens is 135 g/mol. The molecular formula is C8H11LiS. The molecule has 0 fully saturated rings. The van der Waals surface area contributed by atoms with E-state index in [1.807, 2.05) is 18.2 Å². The fourth-order valence-corrected chi connectivity index (χ4v) is 1.13. The van der Waals surface area contributed by atoms with Gasteiger partial charge in [-0.2, -0.15) is 0 Å². The summed E-state index contributed by atoms with van der Waals surface area (Å²) in [6.07, 6.45) is 1.07. The van der Waals surface area contributed by atoms with Crippen molar-refractivity contribution in [2.75, 3.05) is 0 Å². The number of thiol groups is 1. The topological polar surface area (TPSA) is 0 Å². The van der Waals surface area contributed by atoms with Gasteiger partial charge in [-0.25, -0.2) is 0 Å². The number of hydrogen-bond acceptors (Lipinski definition) is 1. The standard InChI is InChI=1S/C8H10S.Li.H/c1-2-7-5-3-4-6-8(7)9;;/h3-6,9H,2H2,1H3;;. The Morgan fingerprint density at radius 1 is 1.30 bits per heavy atom. The normalized spacial score (nSPS) is 8.60. The fraction of sp³-hybridized carbons (Fsp3) is 0.250. The molecule has 10 heavy (non-hydrogen) atoms. The molecule has 1 rings (SSSR count). The summed E-state index contributed by atoms with van der Waals surface area (Å²) in [7, 11) is 0. The van der Waals surface area contributed by atoms with E-state index in [4.69, 9.17) is 0 Å². The van der Waals surface area contributed by atoms with Crippen LogP contribution in [-0.4, -0.2) is 18.9 Å². The first-order chi connectivity index (χ1) is 4.34. The molecule has 0 aliphatic rings. The Morgan fingerprint density at radius 2 is 1.90 bits per heavy atom. The monoisotopic (exact) mass is 146 g/mol. The number of hydrogen-bond donors (Lipinski definition) is 1. The molecule has 50 valence electrons. The molecule has 0 spiro atoms. The van der Waals surface area contributed by atoms with Gasteiger partial charge in [0.2, 0.25) is 0 Å². The molecule has 0 saturated heterocycles. The zero-order valence-electron chi connectivity index (χ0n) is 5.46. The number of benzene rings is 1.